The molecule has 1 aromatic heterocycles. The Bertz CT molecular complexity index is 394. The van der Waals surface area contributed by atoms with Crippen LogP contribution in [-0.2, 0) is 4.74 Å². The molecular weight excluding hydrogens is 280 g/mol. The third-order valence-corrected chi connectivity index (χ3v) is 4.35. The van der Waals surface area contributed by atoms with Gasteiger partial charge in [-0.05, 0) is 31.8 Å². The largest absolute Gasteiger partial charge is 0.464 e. The molecule has 0 aromatic carbocycles. The molecule has 1 aromatic rings. The van der Waals surface area contributed by atoms with Crippen molar-refractivity contribution in [2.45, 2.75) is 32.6 Å². The first-order valence-electron chi connectivity index (χ1n) is 6.47. The molecule has 1 N–H and O–H groups in total. The number of rotatable bonds is 9. The van der Waals surface area contributed by atoms with Gasteiger partial charge in [-0.2, -0.15) is 11.8 Å². The van der Waals surface area contributed by atoms with Gasteiger partial charge in [0.25, 0.3) is 0 Å². The van der Waals surface area contributed by atoms with Gasteiger partial charge >= 0.3 is 5.97 Å². The van der Waals surface area contributed by atoms with Crippen LogP contribution in [0.5, 0.6) is 0 Å². The second-order valence-electron chi connectivity index (χ2n) is 4.25. The third-order valence-electron chi connectivity index (χ3n) is 2.73. The molecule has 0 spiro atoms. The highest BCUT2D eigenvalue weighted by Crippen LogP contribution is 2.22. The molecule has 0 amide bonds. The van der Waals surface area contributed by atoms with Crippen molar-refractivity contribution in [1.29, 1.82) is 0 Å². The number of hydrogen-bond donors (Lipinski definition) is 1. The van der Waals surface area contributed by atoms with Gasteiger partial charge in [-0.3, -0.25) is 0 Å². The van der Waals surface area contributed by atoms with Crippen LogP contribution in [0.15, 0.2) is 0 Å². The Kier molecular flexibility index (Phi) is 7.90. The minimum atomic E-state index is -0.362. The number of anilines is 1. The highest BCUT2D eigenvalue weighted by atomic mass is 32.2. The van der Waals surface area contributed by atoms with Crippen molar-refractivity contribution in [2.24, 2.45) is 0 Å². The van der Waals surface area contributed by atoms with Crippen LogP contribution in [0.3, 0.4) is 0 Å². The van der Waals surface area contributed by atoms with Crippen LogP contribution >= 0.6 is 23.1 Å². The Balaban J connectivity index is 2.25. The number of unbranched alkanes of at least 4 members (excludes halogenated alkanes) is 3. The number of nitrogens with zero attached hydrogens (tertiary/aromatic N) is 1. The number of methoxy groups -OCH3 is 1. The first kappa shape index (κ1) is 16.3. The second kappa shape index (κ2) is 9.20. The number of esters is 1. The van der Waals surface area contributed by atoms with Crippen molar-refractivity contribution in [3.8, 4) is 0 Å². The number of carbonyl (C=O) groups excluding carboxylic acids is 1. The van der Waals surface area contributed by atoms with Crippen LogP contribution in [0.4, 0.5) is 5.13 Å². The summed E-state index contributed by atoms with van der Waals surface area (Å²) in [7, 11) is 1.38. The van der Waals surface area contributed by atoms with E-state index in [0.29, 0.717) is 5.69 Å². The summed E-state index contributed by atoms with van der Waals surface area (Å²) in [6.45, 7) is 2.80. The third kappa shape index (κ3) is 5.82. The van der Waals surface area contributed by atoms with Crippen LogP contribution in [0.2, 0.25) is 0 Å². The standard InChI is InChI=1S/C13H22N2O2S2/c1-10-11(12(16)17-2)15-13(19-10)14-8-6-4-5-7-9-18-3/h4-9H2,1-3H3,(H,14,15). The van der Waals surface area contributed by atoms with Crippen molar-refractivity contribution in [3.63, 3.8) is 0 Å². The average Bonchev–Trinajstić information content (AvgIpc) is 2.78. The molecule has 1 rings (SSSR count). The molecule has 0 fully saturated rings. The van der Waals surface area contributed by atoms with Gasteiger partial charge in [0, 0.05) is 11.4 Å². The zero-order valence-corrected chi connectivity index (χ0v) is 13.5. The topological polar surface area (TPSA) is 51.2 Å². The molecule has 0 unspecified atom stereocenters. The van der Waals surface area contributed by atoms with E-state index in [2.05, 4.69) is 21.3 Å². The van der Waals surface area contributed by atoms with E-state index >= 15 is 0 Å². The van der Waals surface area contributed by atoms with Crippen LogP contribution in [-0.4, -0.2) is 36.6 Å². The summed E-state index contributed by atoms with van der Waals surface area (Å²) in [5.74, 6) is 0.889. The molecule has 0 aliphatic carbocycles. The smallest absolute Gasteiger partial charge is 0.357 e. The summed E-state index contributed by atoms with van der Waals surface area (Å²) in [6.07, 6.45) is 7.10. The predicted molar refractivity (Wildman–Crippen MR) is 83.5 cm³/mol. The Morgan fingerprint density at radius 2 is 2.11 bits per heavy atom. The Morgan fingerprint density at radius 1 is 1.37 bits per heavy atom. The highest BCUT2D eigenvalue weighted by Gasteiger charge is 2.15. The van der Waals surface area contributed by atoms with E-state index in [1.165, 1.54) is 43.5 Å². The van der Waals surface area contributed by atoms with Gasteiger partial charge in [-0.15, -0.1) is 11.3 Å². The van der Waals surface area contributed by atoms with Crippen LogP contribution in [0.1, 0.15) is 41.0 Å². The predicted octanol–water partition coefficient (Wildman–Crippen LogP) is 3.57. The molecule has 0 aliphatic rings. The number of carbonyl (C=O) groups is 1. The number of thioether (sulfide) groups is 1. The molecule has 0 bridgehead atoms. The van der Waals surface area contributed by atoms with Crippen molar-refractivity contribution in [3.05, 3.63) is 10.6 Å². The normalized spacial score (nSPS) is 10.5. The van der Waals surface area contributed by atoms with Crippen LogP contribution in [0, 0.1) is 6.92 Å². The first-order valence-corrected chi connectivity index (χ1v) is 8.68. The lowest BCUT2D eigenvalue weighted by atomic mass is 10.2. The molecule has 1 heterocycles. The SMILES string of the molecule is COC(=O)c1nc(NCCCCCCSC)sc1C. The maximum atomic E-state index is 11.4. The molecule has 19 heavy (non-hydrogen) atoms. The average molecular weight is 302 g/mol. The molecule has 4 nitrogen and oxygen atoms in total. The van der Waals surface area contributed by atoms with E-state index < -0.39 is 0 Å². The van der Waals surface area contributed by atoms with E-state index in [1.807, 2.05) is 18.7 Å². The summed E-state index contributed by atoms with van der Waals surface area (Å²) in [4.78, 5) is 16.6. The zero-order valence-electron chi connectivity index (χ0n) is 11.8. The van der Waals surface area contributed by atoms with E-state index in [9.17, 15) is 4.79 Å². The van der Waals surface area contributed by atoms with Gasteiger partial charge < -0.3 is 10.1 Å². The molecule has 108 valence electrons. The van der Waals surface area contributed by atoms with E-state index in [-0.39, 0.29) is 5.97 Å². The Hall–Kier alpha value is -0.750. The summed E-state index contributed by atoms with van der Waals surface area (Å²) in [5.41, 5.74) is 0.426. The molecule has 6 heteroatoms. The van der Waals surface area contributed by atoms with E-state index in [0.717, 1.165) is 23.0 Å². The fourth-order valence-corrected chi connectivity index (χ4v) is 3.00. The number of nitrogens with one attached hydrogen (secondary N) is 1. The molecule has 0 atom stereocenters. The minimum Gasteiger partial charge on any atom is -0.464 e. The van der Waals surface area contributed by atoms with Crippen LogP contribution in [0.25, 0.3) is 0 Å². The number of aryl methyl sites for hydroxylation is 1. The summed E-state index contributed by atoms with van der Waals surface area (Å²) >= 11 is 3.41. The molecule has 0 saturated carbocycles. The maximum absolute atomic E-state index is 11.4. The fourth-order valence-electron chi connectivity index (χ4n) is 1.68. The van der Waals surface area contributed by atoms with Gasteiger partial charge in [0.1, 0.15) is 0 Å². The van der Waals surface area contributed by atoms with Gasteiger partial charge in [-0.25, -0.2) is 9.78 Å². The van der Waals surface area contributed by atoms with Crippen molar-refractivity contribution < 1.29 is 9.53 Å². The second-order valence-corrected chi connectivity index (χ2v) is 6.44. The van der Waals surface area contributed by atoms with E-state index in [4.69, 9.17) is 0 Å². The van der Waals surface area contributed by atoms with Gasteiger partial charge in [0.2, 0.25) is 0 Å². The van der Waals surface area contributed by atoms with E-state index in [1.54, 1.807) is 0 Å². The quantitative estimate of drug-likeness (QED) is 0.558. The van der Waals surface area contributed by atoms with Crippen molar-refractivity contribution in [1.82, 2.24) is 4.98 Å². The highest BCUT2D eigenvalue weighted by molar-refractivity contribution is 7.98. The minimum absolute atomic E-state index is 0.362. The van der Waals surface area contributed by atoms with Crippen LogP contribution < -0.4 is 5.32 Å². The number of hydrogen-bond acceptors (Lipinski definition) is 6. The summed E-state index contributed by atoms with van der Waals surface area (Å²) in [5, 5.41) is 4.08. The van der Waals surface area contributed by atoms with Gasteiger partial charge in [-0.1, -0.05) is 12.8 Å². The molecule has 0 saturated heterocycles. The Morgan fingerprint density at radius 3 is 2.79 bits per heavy atom. The summed E-state index contributed by atoms with van der Waals surface area (Å²) < 4.78 is 4.69. The Labute approximate surface area is 123 Å². The first-order chi connectivity index (χ1) is 9.19. The van der Waals surface area contributed by atoms with Crippen molar-refractivity contribution >= 4 is 34.2 Å². The van der Waals surface area contributed by atoms with Gasteiger partial charge in [0.15, 0.2) is 10.8 Å². The number of thiazole rings is 1. The lowest BCUT2D eigenvalue weighted by Gasteiger charge is -2.02. The molecule has 0 aliphatic heterocycles. The zero-order chi connectivity index (χ0) is 14.1. The lowest BCUT2D eigenvalue weighted by molar-refractivity contribution is 0.0594. The van der Waals surface area contributed by atoms with Gasteiger partial charge in [0.05, 0.1) is 7.11 Å². The van der Waals surface area contributed by atoms with Crippen molar-refractivity contribution in [2.75, 3.05) is 31.0 Å². The fraction of sp³-hybridized carbons (Fsp3) is 0.692. The maximum Gasteiger partial charge on any atom is 0.357 e. The number of aromatic nitrogens is 1. The lowest BCUT2D eigenvalue weighted by Crippen LogP contribution is -2.05. The summed E-state index contributed by atoms with van der Waals surface area (Å²) in [6, 6.07) is 0. The monoisotopic (exact) mass is 302 g/mol. The molecule has 0 radical (unpaired) electrons. The number of ether oxygens (including phenoxy) is 1. The molecular formula is C13H22N2O2S2.